The highest BCUT2D eigenvalue weighted by Crippen LogP contribution is 2.15. The Hall–Kier alpha value is -2.21. The van der Waals surface area contributed by atoms with Gasteiger partial charge >= 0.3 is 0 Å². The van der Waals surface area contributed by atoms with Gasteiger partial charge in [0.1, 0.15) is 5.75 Å². The lowest BCUT2D eigenvalue weighted by atomic mass is 9.98. The van der Waals surface area contributed by atoms with Gasteiger partial charge in [-0.15, -0.1) is 12.4 Å². The first-order valence-electron chi connectivity index (χ1n) is 10.0. The summed E-state index contributed by atoms with van der Waals surface area (Å²) in [5.41, 5.74) is 2.68. The fourth-order valence-electron chi connectivity index (χ4n) is 2.77. The monoisotopic (exact) mass is 411 g/mol. The van der Waals surface area contributed by atoms with E-state index in [1.54, 1.807) is 0 Å². The topological polar surface area (TPSA) is 12.5 Å². The molecule has 2 nitrogen and oxygen atoms in total. The molecule has 2 rings (SSSR count). The van der Waals surface area contributed by atoms with Crippen molar-refractivity contribution in [3.8, 4) is 17.6 Å². The minimum absolute atomic E-state index is 0. The van der Waals surface area contributed by atoms with Crippen LogP contribution >= 0.6 is 12.4 Å². The highest BCUT2D eigenvalue weighted by molar-refractivity contribution is 5.85. The fraction of sp³-hybridized carbons (Fsp3) is 0.385. The summed E-state index contributed by atoms with van der Waals surface area (Å²) in [4.78, 5) is 2.27. The second kappa shape index (κ2) is 13.1. The number of allylic oxidation sites excluding steroid dienone is 1. The van der Waals surface area contributed by atoms with Gasteiger partial charge in [0.05, 0.1) is 6.61 Å². The van der Waals surface area contributed by atoms with E-state index in [0.717, 1.165) is 38.3 Å². The fourth-order valence-corrected chi connectivity index (χ4v) is 2.77. The lowest BCUT2D eigenvalue weighted by Gasteiger charge is -2.15. The molecule has 156 valence electrons. The lowest BCUT2D eigenvalue weighted by Crippen LogP contribution is -2.17. The summed E-state index contributed by atoms with van der Waals surface area (Å²) in [5.74, 6) is 7.28. The van der Waals surface area contributed by atoms with Gasteiger partial charge in [-0.05, 0) is 70.0 Å². The Balaban J connectivity index is 0.00000420. The highest BCUT2D eigenvalue weighted by Gasteiger charge is 2.03. The number of nitrogens with zero attached hydrogens (tertiary/aromatic N) is 1. The van der Waals surface area contributed by atoms with E-state index in [1.807, 2.05) is 12.1 Å². The number of likely N-dealkylation sites (N-methyl/N-ethyl adjacent to an activating group) is 1. The lowest BCUT2D eigenvalue weighted by molar-refractivity contribution is 0.309. The van der Waals surface area contributed by atoms with Crippen molar-refractivity contribution >= 4 is 12.4 Å². The van der Waals surface area contributed by atoms with Crippen molar-refractivity contribution in [3.63, 3.8) is 0 Å². The molecule has 2 aromatic carbocycles. The average Bonchev–Trinajstić information content (AvgIpc) is 2.65. The standard InChI is InChI=1S/C26H33NO.ClH/c1-26(2,3)18-9-6-10-19-27(4)22-24-15-11-17-25(21-24)28-20-12-16-23-13-7-5-8-14-23;/h5-8,10-11,13-15,17,21H,12,16,19-20,22H2,1-4H3;1H. The van der Waals surface area contributed by atoms with Gasteiger partial charge in [0.2, 0.25) is 0 Å². The third-order valence-electron chi connectivity index (χ3n) is 4.14. The van der Waals surface area contributed by atoms with E-state index in [4.69, 9.17) is 4.74 Å². The minimum Gasteiger partial charge on any atom is -0.494 e. The van der Waals surface area contributed by atoms with Gasteiger partial charge in [-0.1, -0.05) is 60.4 Å². The van der Waals surface area contributed by atoms with Crippen LogP contribution in [0, 0.1) is 17.3 Å². The summed E-state index contributed by atoms with van der Waals surface area (Å²) in [6, 6.07) is 19.0. The van der Waals surface area contributed by atoms with Crippen LogP contribution in [0.15, 0.2) is 66.7 Å². The van der Waals surface area contributed by atoms with Crippen molar-refractivity contribution in [2.45, 2.75) is 40.2 Å². The molecule has 0 heterocycles. The van der Waals surface area contributed by atoms with Crippen LogP contribution in [0.3, 0.4) is 0 Å². The van der Waals surface area contributed by atoms with Crippen molar-refractivity contribution in [2.75, 3.05) is 20.2 Å². The van der Waals surface area contributed by atoms with Crippen LogP contribution in [0.25, 0.3) is 0 Å². The van der Waals surface area contributed by atoms with E-state index in [1.165, 1.54) is 11.1 Å². The number of rotatable bonds is 9. The van der Waals surface area contributed by atoms with Crippen LogP contribution in [0.2, 0.25) is 0 Å². The molecule has 0 aliphatic rings. The minimum atomic E-state index is 0. The number of benzene rings is 2. The van der Waals surface area contributed by atoms with Gasteiger partial charge in [-0.3, -0.25) is 4.90 Å². The molecule has 2 aromatic rings. The van der Waals surface area contributed by atoms with Gasteiger partial charge in [0.25, 0.3) is 0 Å². The molecule has 0 amide bonds. The Kier molecular flexibility index (Phi) is 11.2. The number of hydrogen-bond donors (Lipinski definition) is 0. The molecule has 0 bridgehead atoms. The molecule has 0 saturated carbocycles. The Morgan fingerprint density at radius 1 is 1.00 bits per heavy atom. The third kappa shape index (κ3) is 11.4. The zero-order valence-corrected chi connectivity index (χ0v) is 19.0. The summed E-state index contributed by atoms with van der Waals surface area (Å²) in [7, 11) is 2.12. The number of ether oxygens (including phenoxy) is 1. The average molecular weight is 412 g/mol. The van der Waals surface area contributed by atoms with Crippen LogP contribution in [0.5, 0.6) is 5.75 Å². The molecule has 29 heavy (non-hydrogen) atoms. The Bertz CT molecular complexity index is 797. The van der Waals surface area contributed by atoms with Gasteiger partial charge in [-0.25, -0.2) is 0 Å². The van der Waals surface area contributed by atoms with Crippen LogP contribution in [0.4, 0.5) is 0 Å². The first kappa shape index (κ1) is 24.8. The van der Waals surface area contributed by atoms with E-state index >= 15 is 0 Å². The first-order valence-corrected chi connectivity index (χ1v) is 10.0. The maximum atomic E-state index is 5.94. The van der Waals surface area contributed by atoms with Crippen molar-refractivity contribution in [3.05, 3.63) is 77.9 Å². The quantitative estimate of drug-likeness (QED) is 0.362. The predicted molar refractivity (Wildman–Crippen MR) is 127 cm³/mol. The summed E-state index contributed by atoms with van der Waals surface area (Å²) in [6.07, 6.45) is 6.14. The van der Waals surface area contributed by atoms with Gasteiger partial charge in [0, 0.05) is 18.5 Å². The molecule has 0 atom stereocenters. The maximum Gasteiger partial charge on any atom is 0.119 e. The highest BCUT2D eigenvalue weighted by atomic mass is 35.5. The molecule has 0 spiro atoms. The van der Waals surface area contributed by atoms with Crippen molar-refractivity contribution in [1.29, 1.82) is 0 Å². The Morgan fingerprint density at radius 2 is 1.72 bits per heavy atom. The Labute approximate surface area is 183 Å². The molecule has 3 heteroatoms. The molecule has 0 N–H and O–H groups in total. The van der Waals surface area contributed by atoms with Crippen LogP contribution in [0.1, 0.15) is 38.3 Å². The first-order chi connectivity index (χ1) is 13.4. The van der Waals surface area contributed by atoms with Gasteiger partial charge < -0.3 is 4.74 Å². The Morgan fingerprint density at radius 3 is 2.45 bits per heavy atom. The second-order valence-electron chi connectivity index (χ2n) is 8.20. The molecular weight excluding hydrogens is 378 g/mol. The zero-order valence-electron chi connectivity index (χ0n) is 18.2. The van der Waals surface area contributed by atoms with Crippen LogP contribution in [-0.2, 0) is 13.0 Å². The summed E-state index contributed by atoms with van der Waals surface area (Å²) in [5, 5.41) is 0. The molecule has 0 aliphatic carbocycles. The molecule has 0 unspecified atom stereocenters. The zero-order chi connectivity index (χ0) is 20.2. The van der Waals surface area contributed by atoms with E-state index in [2.05, 4.69) is 99.2 Å². The van der Waals surface area contributed by atoms with Crippen molar-refractivity contribution < 1.29 is 4.74 Å². The normalized spacial score (nSPS) is 11.1. The van der Waals surface area contributed by atoms with Gasteiger partial charge in [-0.2, -0.15) is 0 Å². The predicted octanol–water partition coefficient (Wildman–Crippen LogP) is 6.16. The van der Waals surface area contributed by atoms with Crippen LogP contribution in [-0.4, -0.2) is 25.1 Å². The molecule has 0 fully saturated rings. The van der Waals surface area contributed by atoms with E-state index in [-0.39, 0.29) is 17.8 Å². The SMILES string of the molecule is CN(CC=CC#CC(C)(C)C)Cc1cccc(OCCCc2ccccc2)c1.Cl. The third-order valence-corrected chi connectivity index (χ3v) is 4.14. The number of aryl methyl sites for hydroxylation is 1. The van der Waals surface area contributed by atoms with Crippen LogP contribution < -0.4 is 4.74 Å². The van der Waals surface area contributed by atoms with E-state index < -0.39 is 0 Å². The number of halogens is 1. The molecule has 0 aromatic heterocycles. The van der Waals surface area contributed by atoms with E-state index in [0.29, 0.717) is 0 Å². The molecule has 0 aliphatic heterocycles. The maximum absolute atomic E-state index is 5.94. The van der Waals surface area contributed by atoms with Gasteiger partial charge in [0.15, 0.2) is 0 Å². The largest absolute Gasteiger partial charge is 0.494 e. The summed E-state index contributed by atoms with van der Waals surface area (Å²) < 4.78 is 5.94. The number of hydrogen-bond acceptors (Lipinski definition) is 2. The van der Waals surface area contributed by atoms with Crippen molar-refractivity contribution in [1.82, 2.24) is 4.90 Å². The summed E-state index contributed by atoms with van der Waals surface area (Å²) >= 11 is 0. The molecular formula is C26H34ClNO. The molecule has 0 radical (unpaired) electrons. The summed E-state index contributed by atoms with van der Waals surface area (Å²) in [6.45, 7) is 8.87. The van der Waals surface area contributed by atoms with E-state index in [9.17, 15) is 0 Å². The smallest absolute Gasteiger partial charge is 0.119 e. The van der Waals surface area contributed by atoms with Crippen molar-refractivity contribution in [2.24, 2.45) is 5.41 Å². The second-order valence-corrected chi connectivity index (χ2v) is 8.20. The molecule has 0 saturated heterocycles.